The van der Waals surface area contributed by atoms with E-state index in [4.69, 9.17) is 0 Å². The van der Waals surface area contributed by atoms with Crippen molar-refractivity contribution in [2.45, 2.75) is 22.9 Å². The molecule has 1 heteroatoms. The first-order chi connectivity index (χ1) is 16.7. The van der Waals surface area contributed by atoms with Crippen LogP contribution in [0, 0.1) is 0 Å². The Balaban J connectivity index is 1.52. The summed E-state index contributed by atoms with van der Waals surface area (Å²) in [5.74, 6) is 0. The van der Waals surface area contributed by atoms with Crippen LogP contribution in [0.1, 0.15) is 56.3 Å². The van der Waals surface area contributed by atoms with Gasteiger partial charge in [-0.15, -0.1) is 0 Å². The number of hydrogen-bond donors (Lipinski definition) is 0. The van der Waals surface area contributed by atoms with Gasteiger partial charge in [0.2, 0.25) is 0 Å². The summed E-state index contributed by atoms with van der Waals surface area (Å²) in [6.07, 6.45) is 5.20. The third kappa shape index (κ3) is 3.60. The minimum absolute atomic E-state index is 0.491. The first-order valence-electron chi connectivity index (χ1n) is 11.9. The van der Waals surface area contributed by atoms with E-state index in [-0.39, 0.29) is 0 Å². The zero-order chi connectivity index (χ0) is 23.1. The van der Waals surface area contributed by atoms with Crippen molar-refractivity contribution in [3.8, 4) is 0 Å². The fraction of sp³-hybridized carbons (Fsp3) is 0.121. The second-order valence-electron chi connectivity index (χ2n) is 9.02. The molecule has 4 aromatic carbocycles. The minimum atomic E-state index is -1.51. The van der Waals surface area contributed by atoms with Crippen molar-refractivity contribution in [2.24, 2.45) is 0 Å². The van der Waals surface area contributed by atoms with Crippen LogP contribution in [0.2, 0.25) is 0 Å². The molecule has 2 aliphatic rings. The zero-order valence-corrected chi connectivity index (χ0v) is 21.3. The van der Waals surface area contributed by atoms with Crippen molar-refractivity contribution >= 4 is 15.3 Å². The zero-order valence-electron chi connectivity index (χ0n) is 19.6. The Morgan fingerprint density at radius 3 is 1.29 bits per heavy atom. The summed E-state index contributed by atoms with van der Waals surface area (Å²) < 4.78 is 2.61. The monoisotopic (exact) mass is 526 g/mol. The molecule has 0 spiro atoms. The molecule has 2 aliphatic carbocycles. The molecular formula is C33H28Ru. The third-order valence-electron chi connectivity index (χ3n) is 6.75. The molecule has 0 bridgehead atoms. The van der Waals surface area contributed by atoms with Crippen LogP contribution in [0.5, 0.6) is 0 Å². The van der Waals surface area contributed by atoms with Gasteiger partial charge in [-0.3, -0.25) is 0 Å². The van der Waals surface area contributed by atoms with Crippen LogP contribution in [0.4, 0.5) is 0 Å². The summed E-state index contributed by atoms with van der Waals surface area (Å²) in [5.41, 5.74) is 11.3. The van der Waals surface area contributed by atoms with Crippen molar-refractivity contribution < 1.29 is 15.5 Å². The maximum absolute atomic E-state index is 2.60. The van der Waals surface area contributed by atoms with Crippen molar-refractivity contribution in [1.29, 1.82) is 0 Å². The van der Waals surface area contributed by atoms with Gasteiger partial charge in [0.1, 0.15) is 0 Å². The molecule has 0 nitrogen and oxygen atoms in total. The molecule has 168 valence electrons. The molecule has 0 N–H and O–H groups in total. The van der Waals surface area contributed by atoms with Gasteiger partial charge in [0, 0.05) is 0 Å². The Bertz CT molecular complexity index is 1340. The van der Waals surface area contributed by atoms with Gasteiger partial charge in [0.15, 0.2) is 0 Å². The van der Waals surface area contributed by atoms with Crippen LogP contribution in [0.3, 0.4) is 0 Å². The molecule has 0 heterocycles. The van der Waals surface area contributed by atoms with Gasteiger partial charge in [0.25, 0.3) is 0 Å². The summed E-state index contributed by atoms with van der Waals surface area (Å²) in [7, 11) is 0. The van der Waals surface area contributed by atoms with Crippen molar-refractivity contribution in [2.75, 3.05) is 0 Å². The fourth-order valence-corrected chi connectivity index (χ4v) is 11.4. The molecule has 0 radical (unpaired) electrons. The summed E-state index contributed by atoms with van der Waals surface area (Å²) in [4.78, 5) is 0. The van der Waals surface area contributed by atoms with Gasteiger partial charge in [-0.05, 0) is 0 Å². The molecule has 0 amide bonds. The molecule has 2 unspecified atom stereocenters. The second-order valence-corrected chi connectivity index (χ2v) is 14.5. The third-order valence-corrected chi connectivity index (χ3v) is 12.7. The number of allylic oxidation sites excluding steroid dienone is 2. The van der Waals surface area contributed by atoms with E-state index in [2.05, 4.69) is 135 Å². The second kappa shape index (κ2) is 8.90. The van der Waals surface area contributed by atoms with Crippen molar-refractivity contribution in [1.82, 2.24) is 0 Å². The summed E-state index contributed by atoms with van der Waals surface area (Å²) in [6.45, 7) is 4.76. The fourth-order valence-electron chi connectivity index (χ4n) is 5.28. The molecule has 0 aromatic heterocycles. The van der Waals surface area contributed by atoms with Crippen LogP contribution in [0.25, 0.3) is 11.1 Å². The van der Waals surface area contributed by atoms with E-state index in [0.29, 0.717) is 9.02 Å². The van der Waals surface area contributed by atoms with Crippen molar-refractivity contribution in [3.63, 3.8) is 0 Å². The van der Waals surface area contributed by atoms with Gasteiger partial charge in [-0.25, -0.2) is 0 Å². The first kappa shape index (κ1) is 21.4. The molecular weight excluding hydrogens is 497 g/mol. The summed E-state index contributed by atoms with van der Waals surface area (Å²) in [6, 6.07) is 40.0. The topological polar surface area (TPSA) is 0 Å². The van der Waals surface area contributed by atoms with E-state index in [1.54, 1.807) is 4.11 Å². The molecule has 34 heavy (non-hydrogen) atoms. The summed E-state index contributed by atoms with van der Waals surface area (Å²) >= 11 is -1.51. The molecule has 6 rings (SSSR count). The van der Waals surface area contributed by atoms with E-state index >= 15 is 0 Å². The molecule has 0 aliphatic heterocycles. The van der Waals surface area contributed by atoms with Crippen LogP contribution in [-0.2, 0) is 15.5 Å². The molecule has 4 aromatic rings. The Kier molecular flexibility index (Phi) is 5.60. The SMILES string of the molecule is C[C](C)=[Ru]([CH]1C=C(c2ccccc2)c2ccccc21)[CH]1C=C(c2ccccc2)c2ccccc21. The Morgan fingerprint density at radius 2 is 0.882 bits per heavy atom. The Labute approximate surface area is 207 Å². The van der Waals surface area contributed by atoms with Gasteiger partial charge < -0.3 is 0 Å². The summed E-state index contributed by atoms with van der Waals surface area (Å²) in [5, 5.41) is 0. The Hall–Kier alpha value is -3.15. The van der Waals surface area contributed by atoms with Gasteiger partial charge >= 0.3 is 208 Å². The van der Waals surface area contributed by atoms with Crippen molar-refractivity contribution in [3.05, 3.63) is 155 Å². The average molecular weight is 526 g/mol. The van der Waals surface area contributed by atoms with E-state index in [9.17, 15) is 0 Å². The number of hydrogen-bond acceptors (Lipinski definition) is 0. The quantitative estimate of drug-likeness (QED) is 0.236. The number of fused-ring (bicyclic) bond motifs is 2. The standard InChI is InChI=1S/2C15H11.C3H6.Ru/c2*1-2-6-12(7-3-1)15-11-10-13-8-4-5-9-14(13)15;1-3-2;/h2*1-11H;1-2H3;. The van der Waals surface area contributed by atoms with E-state index in [1.807, 2.05) is 0 Å². The van der Waals surface area contributed by atoms with E-state index in [0.717, 1.165) is 0 Å². The molecule has 2 atom stereocenters. The van der Waals surface area contributed by atoms with Gasteiger partial charge in [-0.2, -0.15) is 0 Å². The van der Waals surface area contributed by atoms with Crippen LogP contribution < -0.4 is 0 Å². The maximum atomic E-state index is 2.60. The molecule has 0 fully saturated rings. The normalized spacial score (nSPS) is 18.6. The van der Waals surface area contributed by atoms with Gasteiger partial charge in [-0.1, -0.05) is 0 Å². The van der Waals surface area contributed by atoms with Crippen LogP contribution in [-0.4, -0.2) is 4.11 Å². The first-order valence-corrected chi connectivity index (χ1v) is 14.8. The van der Waals surface area contributed by atoms with E-state index in [1.165, 1.54) is 44.5 Å². The molecule has 0 saturated heterocycles. The molecule has 0 saturated carbocycles. The van der Waals surface area contributed by atoms with E-state index < -0.39 is 15.5 Å². The van der Waals surface area contributed by atoms with Crippen LogP contribution >= 0.6 is 0 Å². The van der Waals surface area contributed by atoms with Gasteiger partial charge in [0.05, 0.1) is 0 Å². The average Bonchev–Trinajstić information content (AvgIpc) is 3.45. The number of benzene rings is 4. The predicted molar refractivity (Wildman–Crippen MR) is 142 cm³/mol. The van der Waals surface area contributed by atoms with Crippen LogP contribution in [0.15, 0.2) is 121 Å². The Morgan fingerprint density at radius 1 is 0.500 bits per heavy atom. The number of rotatable bonds is 4. The predicted octanol–water partition coefficient (Wildman–Crippen LogP) is 8.19.